The number of aromatic amines is 1. The molecule has 6 nitrogen and oxygen atoms in total. The molecule has 0 atom stereocenters. The Morgan fingerprint density at radius 1 is 1.53 bits per heavy atom. The van der Waals surface area contributed by atoms with E-state index < -0.39 is 5.60 Å². The largest absolute Gasteiger partial charge is 0.489 e. The number of anilines is 1. The predicted octanol–water partition coefficient (Wildman–Crippen LogP) is 0.130. The minimum absolute atomic E-state index is 0.231. The molecule has 17 heavy (non-hydrogen) atoms. The second-order valence-electron chi connectivity index (χ2n) is 4.57. The minimum Gasteiger partial charge on any atom is -0.489 e. The molecule has 1 saturated heterocycles. The molecule has 1 fully saturated rings. The second-order valence-corrected chi connectivity index (χ2v) is 4.57. The maximum absolute atomic E-state index is 11.5. The summed E-state index contributed by atoms with van der Waals surface area (Å²) < 4.78 is 5.07. The monoisotopic (exact) mass is 239 g/mol. The van der Waals surface area contributed by atoms with E-state index in [9.17, 15) is 9.90 Å². The molecule has 1 aromatic rings. The number of nitrogens with one attached hydrogen (secondary N) is 1. The molecule has 1 aliphatic heterocycles. The average Bonchev–Trinajstić information content (AvgIpc) is 2.29. The van der Waals surface area contributed by atoms with Crippen LogP contribution in [0, 0.1) is 0 Å². The SMILES string of the molecule is COc1c(N2CCC(C)(O)CC2)nc[nH]c1=O. The molecule has 2 N–H and O–H groups in total. The van der Waals surface area contributed by atoms with Crippen LogP contribution in [0.5, 0.6) is 5.75 Å². The molecule has 6 heteroatoms. The Morgan fingerprint density at radius 3 is 2.76 bits per heavy atom. The summed E-state index contributed by atoms with van der Waals surface area (Å²) in [4.78, 5) is 20.1. The summed E-state index contributed by atoms with van der Waals surface area (Å²) >= 11 is 0. The highest BCUT2D eigenvalue weighted by Gasteiger charge is 2.29. The average molecular weight is 239 g/mol. The van der Waals surface area contributed by atoms with Crippen LogP contribution in [0.4, 0.5) is 5.82 Å². The fourth-order valence-corrected chi connectivity index (χ4v) is 1.99. The molecule has 0 saturated carbocycles. The zero-order chi connectivity index (χ0) is 12.5. The van der Waals surface area contributed by atoms with Crippen molar-refractivity contribution in [1.29, 1.82) is 0 Å². The standard InChI is InChI=1S/C11H17N3O3/c1-11(16)3-5-14(6-4-11)9-8(17-2)10(15)13-7-12-9/h7,16H,3-6H2,1-2H3,(H,12,13,15). The van der Waals surface area contributed by atoms with Crippen molar-refractivity contribution < 1.29 is 9.84 Å². The number of piperidine rings is 1. The Labute approximate surface area is 99.2 Å². The van der Waals surface area contributed by atoms with Crippen LogP contribution in [0.25, 0.3) is 0 Å². The van der Waals surface area contributed by atoms with Gasteiger partial charge in [-0.05, 0) is 19.8 Å². The van der Waals surface area contributed by atoms with Gasteiger partial charge in [0, 0.05) is 13.1 Å². The predicted molar refractivity (Wildman–Crippen MR) is 63.5 cm³/mol. The lowest BCUT2D eigenvalue weighted by molar-refractivity contribution is 0.0349. The number of hydrogen-bond donors (Lipinski definition) is 2. The number of H-pyrrole nitrogens is 1. The van der Waals surface area contributed by atoms with E-state index in [2.05, 4.69) is 9.97 Å². The number of aliphatic hydroxyl groups is 1. The third-order valence-corrected chi connectivity index (χ3v) is 3.14. The van der Waals surface area contributed by atoms with E-state index >= 15 is 0 Å². The smallest absolute Gasteiger partial charge is 0.295 e. The van der Waals surface area contributed by atoms with Crippen LogP contribution in [0.3, 0.4) is 0 Å². The van der Waals surface area contributed by atoms with Gasteiger partial charge in [-0.15, -0.1) is 0 Å². The molecule has 1 aromatic heterocycles. The summed E-state index contributed by atoms with van der Waals surface area (Å²) in [6.45, 7) is 3.16. The van der Waals surface area contributed by atoms with Gasteiger partial charge in [-0.1, -0.05) is 0 Å². The van der Waals surface area contributed by atoms with Crippen molar-refractivity contribution in [3.63, 3.8) is 0 Å². The van der Waals surface area contributed by atoms with E-state index in [1.54, 1.807) is 0 Å². The van der Waals surface area contributed by atoms with Crippen molar-refractivity contribution in [2.75, 3.05) is 25.1 Å². The van der Waals surface area contributed by atoms with Gasteiger partial charge in [-0.25, -0.2) is 4.98 Å². The van der Waals surface area contributed by atoms with E-state index in [4.69, 9.17) is 4.74 Å². The first kappa shape index (κ1) is 11.9. The van der Waals surface area contributed by atoms with Gasteiger partial charge in [0.25, 0.3) is 5.56 Å². The van der Waals surface area contributed by atoms with E-state index in [0.29, 0.717) is 31.7 Å². The zero-order valence-corrected chi connectivity index (χ0v) is 10.1. The first-order chi connectivity index (χ1) is 8.03. The van der Waals surface area contributed by atoms with Gasteiger partial charge in [-0.3, -0.25) is 4.79 Å². The summed E-state index contributed by atoms with van der Waals surface area (Å²) in [6, 6.07) is 0. The van der Waals surface area contributed by atoms with Crippen LogP contribution in [0.2, 0.25) is 0 Å². The van der Waals surface area contributed by atoms with Crippen LogP contribution in [0.1, 0.15) is 19.8 Å². The highest BCUT2D eigenvalue weighted by molar-refractivity contribution is 5.51. The van der Waals surface area contributed by atoms with Gasteiger partial charge in [0.05, 0.1) is 19.0 Å². The Hall–Kier alpha value is -1.56. The zero-order valence-electron chi connectivity index (χ0n) is 10.1. The van der Waals surface area contributed by atoms with Crippen molar-refractivity contribution in [2.24, 2.45) is 0 Å². The molecule has 0 amide bonds. The third kappa shape index (κ3) is 2.41. The van der Waals surface area contributed by atoms with Crippen molar-refractivity contribution in [3.05, 3.63) is 16.7 Å². The van der Waals surface area contributed by atoms with Crippen LogP contribution < -0.4 is 15.2 Å². The number of rotatable bonds is 2. The number of methoxy groups -OCH3 is 1. The summed E-state index contributed by atoms with van der Waals surface area (Å²) in [6.07, 6.45) is 2.68. The van der Waals surface area contributed by atoms with Gasteiger partial charge in [0.2, 0.25) is 5.75 Å². The van der Waals surface area contributed by atoms with Crippen LogP contribution in [-0.2, 0) is 0 Å². The van der Waals surface area contributed by atoms with E-state index in [0.717, 1.165) is 0 Å². The number of hydrogen-bond acceptors (Lipinski definition) is 5. The molecule has 0 spiro atoms. The molecule has 0 radical (unpaired) electrons. The lowest BCUT2D eigenvalue weighted by Gasteiger charge is -2.36. The normalized spacial score (nSPS) is 19.1. The number of aromatic nitrogens is 2. The maximum Gasteiger partial charge on any atom is 0.295 e. The Kier molecular flexibility index (Phi) is 3.06. The first-order valence-corrected chi connectivity index (χ1v) is 5.62. The molecule has 2 rings (SSSR count). The number of ether oxygens (including phenoxy) is 1. The molecule has 0 bridgehead atoms. The fourth-order valence-electron chi connectivity index (χ4n) is 1.99. The molecule has 2 heterocycles. The van der Waals surface area contributed by atoms with Crippen LogP contribution in [0.15, 0.2) is 11.1 Å². The minimum atomic E-state index is -0.620. The van der Waals surface area contributed by atoms with Crippen molar-refractivity contribution >= 4 is 5.82 Å². The molecule has 94 valence electrons. The van der Waals surface area contributed by atoms with Crippen molar-refractivity contribution in [2.45, 2.75) is 25.4 Å². The lowest BCUT2D eigenvalue weighted by atomic mass is 9.94. The van der Waals surface area contributed by atoms with Gasteiger partial charge < -0.3 is 19.7 Å². The van der Waals surface area contributed by atoms with Gasteiger partial charge in [0.15, 0.2) is 5.82 Å². The fraction of sp³-hybridized carbons (Fsp3) is 0.636. The molecule has 1 aliphatic rings. The third-order valence-electron chi connectivity index (χ3n) is 3.14. The molecule has 0 aliphatic carbocycles. The Morgan fingerprint density at radius 2 is 2.18 bits per heavy atom. The second kappa shape index (κ2) is 4.37. The summed E-state index contributed by atoms with van der Waals surface area (Å²) in [5, 5.41) is 9.87. The summed E-state index contributed by atoms with van der Waals surface area (Å²) in [5.41, 5.74) is -0.903. The highest BCUT2D eigenvalue weighted by Crippen LogP contribution is 2.28. The van der Waals surface area contributed by atoms with E-state index in [-0.39, 0.29) is 11.3 Å². The van der Waals surface area contributed by atoms with Crippen LogP contribution >= 0.6 is 0 Å². The van der Waals surface area contributed by atoms with Crippen molar-refractivity contribution in [3.8, 4) is 5.75 Å². The summed E-state index contributed by atoms with van der Waals surface area (Å²) in [5.74, 6) is 0.779. The maximum atomic E-state index is 11.5. The molecule has 0 unspecified atom stereocenters. The molecule has 0 aromatic carbocycles. The van der Waals surface area contributed by atoms with Crippen LogP contribution in [-0.4, -0.2) is 40.9 Å². The summed E-state index contributed by atoms with van der Waals surface area (Å²) in [7, 11) is 1.45. The molecular weight excluding hydrogens is 222 g/mol. The van der Waals surface area contributed by atoms with Gasteiger partial charge in [-0.2, -0.15) is 0 Å². The molecular formula is C11H17N3O3. The highest BCUT2D eigenvalue weighted by atomic mass is 16.5. The van der Waals surface area contributed by atoms with E-state index in [1.165, 1.54) is 13.4 Å². The van der Waals surface area contributed by atoms with Gasteiger partial charge in [0.1, 0.15) is 0 Å². The Bertz CT molecular complexity index is 446. The van der Waals surface area contributed by atoms with Gasteiger partial charge >= 0.3 is 0 Å². The lowest BCUT2D eigenvalue weighted by Crippen LogP contribution is -2.43. The Balaban J connectivity index is 2.24. The van der Waals surface area contributed by atoms with E-state index in [1.807, 2.05) is 11.8 Å². The number of nitrogens with zero attached hydrogens (tertiary/aromatic N) is 2. The quantitative estimate of drug-likeness (QED) is 0.767. The van der Waals surface area contributed by atoms with Crippen molar-refractivity contribution in [1.82, 2.24) is 9.97 Å². The topological polar surface area (TPSA) is 78.5 Å². The first-order valence-electron chi connectivity index (χ1n) is 5.62.